The van der Waals surface area contributed by atoms with Crippen LogP contribution in [0.2, 0.25) is 0 Å². The average molecular weight is 156 g/mol. The first-order valence-corrected chi connectivity index (χ1v) is 4.81. The third-order valence-corrected chi connectivity index (χ3v) is 2.58. The Morgan fingerprint density at radius 3 is 2.18 bits per heavy atom. The highest BCUT2D eigenvalue weighted by atomic mass is 15.2. The minimum Gasteiger partial charge on any atom is -0.303 e. The van der Waals surface area contributed by atoms with Crippen LogP contribution in [-0.2, 0) is 0 Å². The number of likely N-dealkylation sites (tertiary alicyclic amines) is 1. The maximum Gasteiger partial charge on any atom is 0.0109 e. The van der Waals surface area contributed by atoms with Gasteiger partial charge in [-0.2, -0.15) is 0 Å². The van der Waals surface area contributed by atoms with Crippen LogP contribution in [-0.4, -0.2) is 49.1 Å². The summed E-state index contributed by atoms with van der Waals surface area (Å²) in [6.07, 6.45) is 1.41. The highest BCUT2D eigenvalue weighted by molar-refractivity contribution is 4.69. The lowest BCUT2D eigenvalue weighted by Crippen LogP contribution is -2.42. The van der Waals surface area contributed by atoms with Gasteiger partial charge in [0.2, 0.25) is 0 Å². The quantitative estimate of drug-likeness (QED) is 0.586. The molecule has 1 saturated heterocycles. The Bertz CT molecular complexity index is 95.7. The molecule has 1 rings (SSSR count). The summed E-state index contributed by atoms with van der Waals surface area (Å²) in [7, 11) is 0. The predicted molar refractivity (Wildman–Crippen MR) is 48.8 cm³/mol. The minimum atomic E-state index is 1.20. The lowest BCUT2D eigenvalue weighted by molar-refractivity contribution is 0.152. The van der Waals surface area contributed by atoms with Gasteiger partial charge in [0.05, 0.1) is 0 Å². The Labute approximate surface area is 70.2 Å². The van der Waals surface area contributed by atoms with Crippen molar-refractivity contribution < 1.29 is 0 Å². The Kier molecular flexibility index (Phi) is 3.87. The van der Waals surface area contributed by atoms with Gasteiger partial charge in [0.1, 0.15) is 0 Å². The molecular formula is C9H20N2. The van der Waals surface area contributed by atoms with Crippen molar-refractivity contribution in [1.82, 2.24) is 9.80 Å². The largest absolute Gasteiger partial charge is 0.303 e. The van der Waals surface area contributed by atoms with Gasteiger partial charge in [-0.15, -0.1) is 0 Å². The summed E-state index contributed by atoms with van der Waals surface area (Å²) in [5.41, 5.74) is 0. The maximum absolute atomic E-state index is 2.53. The van der Waals surface area contributed by atoms with E-state index in [1.807, 2.05) is 0 Å². The van der Waals surface area contributed by atoms with Gasteiger partial charge >= 0.3 is 0 Å². The predicted octanol–water partition coefficient (Wildman–Crippen LogP) is 1.03. The van der Waals surface area contributed by atoms with E-state index < -0.39 is 0 Å². The van der Waals surface area contributed by atoms with Gasteiger partial charge in [0, 0.05) is 13.1 Å². The third kappa shape index (κ3) is 2.80. The SMILES string of the molecule is CCN(CC)CCN1CCC1. The first-order valence-electron chi connectivity index (χ1n) is 4.81. The van der Waals surface area contributed by atoms with Gasteiger partial charge in [0.25, 0.3) is 0 Å². The summed E-state index contributed by atoms with van der Waals surface area (Å²) in [6, 6.07) is 0. The van der Waals surface area contributed by atoms with E-state index in [0.29, 0.717) is 0 Å². The molecule has 1 fully saturated rings. The van der Waals surface area contributed by atoms with E-state index in [9.17, 15) is 0 Å². The second kappa shape index (κ2) is 4.73. The molecule has 2 nitrogen and oxygen atoms in total. The molecule has 2 heteroatoms. The Morgan fingerprint density at radius 2 is 1.82 bits per heavy atom. The fourth-order valence-electron chi connectivity index (χ4n) is 1.43. The van der Waals surface area contributed by atoms with E-state index in [2.05, 4.69) is 23.6 Å². The van der Waals surface area contributed by atoms with Gasteiger partial charge in [0.15, 0.2) is 0 Å². The summed E-state index contributed by atoms with van der Waals surface area (Å²) in [4.78, 5) is 5.01. The van der Waals surface area contributed by atoms with E-state index in [1.54, 1.807) is 0 Å². The van der Waals surface area contributed by atoms with E-state index in [0.717, 1.165) is 0 Å². The van der Waals surface area contributed by atoms with Crippen molar-refractivity contribution in [3.05, 3.63) is 0 Å². The Morgan fingerprint density at radius 1 is 1.18 bits per heavy atom. The molecule has 1 aliphatic heterocycles. The van der Waals surface area contributed by atoms with Gasteiger partial charge < -0.3 is 9.80 Å². The zero-order chi connectivity index (χ0) is 8.10. The number of rotatable bonds is 5. The Balaban J connectivity index is 1.99. The van der Waals surface area contributed by atoms with Crippen LogP contribution in [0.15, 0.2) is 0 Å². The highest BCUT2D eigenvalue weighted by Gasteiger charge is 2.13. The molecule has 0 unspecified atom stereocenters. The number of hydrogen-bond donors (Lipinski definition) is 0. The molecule has 0 amide bonds. The molecule has 0 spiro atoms. The lowest BCUT2D eigenvalue weighted by Gasteiger charge is -2.32. The van der Waals surface area contributed by atoms with Gasteiger partial charge in [-0.05, 0) is 32.6 Å². The standard InChI is InChI=1S/C9H20N2/c1-3-10(4-2)8-9-11-6-5-7-11/h3-9H2,1-2H3. The molecule has 1 aliphatic rings. The van der Waals surface area contributed by atoms with Crippen LogP contribution in [0.4, 0.5) is 0 Å². The van der Waals surface area contributed by atoms with Crippen LogP contribution >= 0.6 is 0 Å². The monoisotopic (exact) mass is 156 g/mol. The molecule has 0 aliphatic carbocycles. The van der Waals surface area contributed by atoms with Crippen molar-refractivity contribution in [2.75, 3.05) is 39.3 Å². The van der Waals surface area contributed by atoms with Crippen LogP contribution in [0.3, 0.4) is 0 Å². The molecule has 0 aromatic heterocycles. The molecule has 0 N–H and O–H groups in total. The molecule has 11 heavy (non-hydrogen) atoms. The molecule has 0 saturated carbocycles. The first kappa shape index (κ1) is 9.01. The molecule has 66 valence electrons. The topological polar surface area (TPSA) is 6.48 Å². The first-order chi connectivity index (χ1) is 5.36. The van der Waals surface area contributed by atoms with Crippen LogP contribution in [0, 0.1) is 0 Å². The van der Waals surface area contributed by atoms with Crippen molar-refractivity contribution in [2.45, 2.75) is 20.3 Å². The number of hydrogen-bond acceptors (Lipinski definition) is 2. The zero-order valence-corrected chi connectivity index (χ0v) is 7.84. The zero-order valence-electron chi connectivity index (χ0n) is 7.84. The average Bonchev–Trinajstić information content (AvgIpc) is 1.95. The second-order valence-corrected chi connectivity index (χ2v) is 3.22. The molecule has 0 atom stereocenters. The highest BCUT2D eigenvalue weighted by Crippen LogP contribution is 2.04. The van der Waals surface area contributed by atoms with Gasteiger partial charge in [-0.3, -0.25) is 0 Å². The smallest absolute Gasteiger partial charge is 0.0109 e. The normalized spacial score (nSPS) is 18.8. The van der Waals surface area contributed by atoms with Crippen molar-refractivity contribution >= 4 is 0 Å². The molecular weight excluding hydrogens is 136 g/mol. The van der Waals surface area contributed by atoms with E-state index in [4.69, 9.17) is 0 Å². The fraction of sp³-hybridized carbons (Fsp3) is 1.00. The Hall–Kier alpha value is -0.0800. The lowest BCUT2D eigenvalue weighted by atomic mass is 10.2. The number of nitrogens with zero attached hydrogens (tertiary/aromatic N) is 2. The van der Waals surface area contributed by atoms with Crippen LogP contribution < -0.4 is 0 Å². The van der Waals surface area contributed by atoms with E-state index in [-0.39, 0.29) is 0 Å². The van der Waals surface area contributed by atoms with E-state index >= 15 is 0 Å². The second-order valence-electron chi connectivity index (χ2n) is 3.22. The van der Waals surface area contributed by atoms with E-state index in [1.165, 1.54) is 45.7 Å². The summed E-state index contributed by atoms with van der Waals surface area (Å²) in [5.74, 6) is 0. The van der Waals surface area contributed by atoms with Crippen LogP contribution in [0.5, 0.6) is 0 Å². The summed E-state index contributed by atoms with van der Waals surface area (Å²) in [6.45, 7) is 12.1. The van der Waals surface area contributed by atoms with Gasteiger partial charge in [-0.25, -0.2) is 0 Å². The van der Waals surface area contributed by atoms with Crippen molar-refractivity contribution in [3.63, 3.8) is 0 Å². The minimum absolute atomic E-state index is 1.20. The van der Waals surface area contributed by atoms with Crippen LogP contribution in [0.25, 0.3) is 0 Å². The number of likely N-dealkylation sites (N-methyl/N-ethyl adjacent to an activating group) is 1. The molecule has 0 aromatic carbocycles. The van der Waals surface area contributed by atoms with Crippen molar-refractivity contribution in [2.24, 2.45) is 0 Å². The van der Waals surface area contributed by atoms with Gasteiger partial charge in [-0.1, -0.05) is 13.8 Å². The molecule has 0 aromatic rings. The van der Waals surface area contributed by atoms with Crippen molar-refractivity contribution in [3.8, 4) is 0 Å². The third-order valence-electron chi connectivity index (χ3n) is 2.58. The van der Waals surface area contributed by atoms with Crippen molar-refractivity contribution in [1.29, 1.82) is 0 Å². The molecule has 0 bridgehead atoms. The maximum atomic E-state index is 2.53. The fourth-order valence-corrected chi connectivity index (χ4v) is 1.43. The van der Waals surface area contributed by atoms with Crippen LogP contribution in [0.1, 0.15) is 20.3 Å². The summed E-state index contributed by atoms with van der Waals surface area (Å²) >= 11 is 0. The molecule has 1 heterocycles. The summed E-state index contributed by atoms with van der Waals surface area (Å²) < 4.78 is 0. The molecule has 0 radical (unpaired) electrons. The summed E-state index contributed by atoms with van der Waals surface area (Å²) in [5, 5.41) is 0.